The van der Waals surface area contributed by atoms with E-state index in [1.54, 1.807) is 5.57 Å². The predicted molar refractivity (Wildman–Crippen MR) is 114 cm³/mol. The maximum absolute atomic E-state index is 2.45. The molecule has 1 fully saturated rings. The maximum atomic E-state index is 2.45. The van der Waals surface area contributed by atoms with E-state index in [2.05, 4.69) is 56.4 Å². The highest BCUT2D eigenvalue weighted by Crippen LogP contribution is 2.51. The molecule has 0 bridgehead atoms. The lowest BCUT2D eigenvalue weighted by Crippen LogP contribution is -2.05. The first-order chi connectivity index (χ1) is 11.9. The van der Waals surface area contributed by atoms with Crippen molar-refractivity contribution in [3.05, 3.63) is 48.1 Å². The van der Waals surface area contributed by atoms with Crippen LogP contribution in [-0.4, -0.2) is 0 Å². The molecule has 1 saturated carbocycles. The quantitative estimate of drug-likeness (QED) is 0.422. The predicted octanol–water partition coefficient (Wildman–Crippen LogP) is 8.53. The molecule has 0 aromatic rings. The minimum atomic E-state index is 0.834. The van der Waals surface area contributed by atoms with Gasteiger partial charge >= 0.3 is 0 Å². The molecule has 3 rings (SSSR count). The first-order valence-corrected chi connectivity index (χ1v) is 10.6. The maximum Gasteiger partial charge on any atom is -0.0128 e. The van der Waals surface area contributed by atoms with Gasteiger partial charge in [0.2, 0.25) is 0 Å². The lowest BCUT2D eigenvalue weighted by atomic mass is 9.89. The minimum Gasteiger partial charge on any atom is -0.0882 e. The molecule has 0 aromatic carbocycles. The van der Waals surface area contributed by atoms with E-state index in [4.69, 9.17) is 0 Å². The van der Waals surface area contributed by atoms with E-state index in [1.807, 2.05) is 41.5 Å². The Morgan fingerprint density at radius 2 is 1.54 bits per heavy atom. The monoisotopic (exact) mass is 332 g/mol. The van der Waals surface area contributed by atoms with Gasteiger partial charge in [-0.1, -0.05) is 104 Å². The Kier molecular flexibility index (Phi) is 19.2. The molecule has 0 heteroatoms. The normalized spacial score (nSPS) is 25.2. The Balaban J connectivity index is 0. The van der Waals surface area contributed by atoms with Gasteiger partial charge in [0.25, 0.3) is 0 Å². The third kappa shape index (κ3) is 9.96. The number of hydrogen-bond donors (Lipinski definition) is 0. The fourth-order valence-electron chi connectivity index (χ4n) is 2.97. The largest absolute Gasteiger partial charge is 0.0882 e. The van der Waals surface area contributed by atoms with Crippen LogP contribution in [0.1, 0.15) is 87.5 Å². The van der Waals surface area contributed by atoms with Gasteiger partial charge in [0.1, 0.15) is 0 Å². The molecule has 140 valence electrons. The lowest BCUT2D eigenvalue weighted by molar-refractivity contribution is 0.502. The van der Waals surface area contributed by atoms with E-state index >= 15 is 0 Å². The second-order valence-corrected chi connectivity index (χ2v) is 5.61. The molecule has 3 aliphatic rings. The lowest BCUT2D eigenvalue weighted by Gasteiger charge is -2.16. The molecule has 0 spiro atoms. The Morgan fingerprint density at radius 3 is 2.17 bits per heavy atom. The smallest absolute Gasteiger partial charge is 0.0128 e. The van der Waals surface area contributed by atoms with E-state index in [0.29, 0.717) is 0 Å². The highest BCUT2D eigenvalue weighted by Gasteiger charge is 2.42. The molecule has 0 amide bonds. The summed E-state index contributed by atoms with van der Waals surface area (Å²) >= 11 is 0. The van der Waals surface area contributed by atoms with Gasteiger partial charge in [-0.2, -0.15) is 0 Å². The summed E-state index contributed by atoms with van der Waals surface area (Å²) < 4.78 is 0. The molecule has 0 aromatic heterocycles. The molecular formula is C24H44. The van der Waals surface area contributed by atoms with Crippen molar-refractivity contribution in [2.75, 3.05) is 0 Å². The molecule has 3 unspecified atom stereocenters. The molecule has 0 saturated heterocycles. The van der Waals surface area contributed by atoms with Crippen molar-refractivity contribution < 1.29 is 0 Å². The van der Waals surface area contributed by atoms with E-state index in [1.165, 1.54) is 25.7 Å². The molecule has 3 atom stereocenters. The van der Waals surface area contributed by atoms with Gasteiger partial charge in [-0.05, 0) is 49.0 Å². The summed E-state index contributed by atoms with van der Waals surface area (Å²) in [6.07, 6.45) is 22.6. The third-order valence-corrected chi connectivity index (χ3v) is 3.89. The van der Waals surface area contributed by atoms with Gasteiger partial charge in [-0.15, -0.1) is 0 Å². The number of fused-ring (bicyclic) bond motifs is 1. The van der Waals surface area contributed by atoms with Crippen LogP contribution in [0, 0.1) is 17.8 Å². The molecular weight excluding hydrogens is 288 g/mol. The van der Waals surface area contributed by atoms with Crippen LogP contribution in [0.5, 0.6) is 0 Å². The van der Waals surface area contributed by atoms with Gasteiger partial charge in [0.15, 0.2) is 0 Å². The van der Waals surface area contributed by atoms with Gasteiger partial charge in [-0.3, -0.25) is 0 Å². The van der Waals surface area contributed by atoms with Crippen LogP contribution in [0.2, 0.25) is 0 Å². The van der Waals surface area contributed by atoms with Gasteiger partial charge < -0.3 is 0 Å². The van der Waals surface area contributed by atoms with Crippen LogP contribution in [-0.2, 0) is 0 Å². The van der Waals surface area contributed by atoms with Crippen molar-refractivity contribution in [1.82, 2.24) is 0 Å². The van der Waals surface area contributed by atoms with Crippen molar-refractivity contribution in [2.45, 2.75) is 87.5 Å². The Morgan fingerprint density at radius 1 is 0.917 bits per heavy atom. The van der Waals surface area contributed by atoms with Gasteiger partial charge in [0.05, 0.1) is 0 Å². The van der Waals surface area contributed by atoms with Crippen LogP contribution in [0.3, 0.4) is 0 Å². The van der Waals surface area contributed by atoms with Crippen molar-refractivity contribution in [3.63, 3.8) is 0 Å². The van der Waals surface area contributed by atoms with Crippen molar-refractivity contribution in [1.29, 1.82) is 0 Å². The molecule has 3 aliphatic carbocycles. The van der Waals surface area contributed by atoms with Crippen LogP contribution in [0.4, 0.5) is 0 Å². The Hall–Kier alpha value is -1.04. The van der Waals surface area contributed by atoms with E-state index in [0.717, 1.165) is 24.2 Å². The van der Waals surface area contributed by atoms with Gasteiger partial charge in [-0.25, -0.2) is 0 Å². The summed E-state index contributed by atoms with van der Waals surface area (Å²) in [6.45, 7) is 16.2. The highest BCUT2D eigenvalue weighted by atomic mass is 14.5. The summed E-state index contributed by atoms with van der Waals surface area (Å²) in [5.74, 6) is 2.70. The second kappa shape index (κ2) is 18.3. The highest BCUT2D eigenvalue weighted by molar-refractivity contribution is 5.31. The standard InChI is InChI=1S/C15H18.C3H8.3C2H6/c1-2-4-8-12(7-3-1)14-10-6-5-9-13-11-15(13)14;1-3-2;3*1-2/h1-3,5,7-9,13-15H,4,6,10-11H2;3H2,1-2H3;3*1-2H3. The zero-order valence-electron chi connectivity index (χ0n) is 17.8. The summed E-state index contributed by atoms with van der Waals surface area (Å²) in [5.41, 5.74) is 1.59. The summed E-state index contributed by atoms with van der Waals surface area (Å²) in [7, 11) is 0. The van der Waals surface area contributed by atoms with Crippen LogP contribution < -0.4 is 0 Å². The van der Waals surface area contributed by atoms with E-state index in [9.17, 15) is 0 Å². The zero-order valence-corrected chi connectivity index (χ0v) is 17.8. The number of hydrogen-bond acceptors (Lipinski definition) is 0. The minimum absolute atomic E-state index is 0.834. The first-order valence-electron chi connectivity index (χ1n) is 10.6. The molecule has 0 aliphatic heterocycles. The fraction of sp³-hybridized carbons (Fsp3) is 0.667. The second-order valence-electron chi connectivity index (χ2n) is 5.61. The molecule has 0 N–H and O–H groups in total. The summed E-state index contributed by atoms with van der Waals surface area (Å²) in [6, 6.07) is 0. The third-order valence-electron chi connectivity index (χ3n) is 3.89. The molecule has 0 nitrogen and oxygen atoms in total. The van der Waals surface area contributed by atoms with Gasteiger partial charge in [0, 0.05) is 0 Å². The fourth-order valence-corrected chi connectivity index (χ4v) is 2.97. The van der Waals surface area contributed by atoms with Crippen LogP contribution >= 0.6 is 0 Å². The van der Waals surface area contributed by atoms with E-state index < -0.39 is 0 Å². The zero-order chi connectivity index (χ0) is 18.8. The molecule has 0 radical (unpaired) electrons. The average Bonchev–Trinajstić information content (AvgIpc) is 3.45. The van der Waals surface area contributed by atoms with Crippen molar-refractivity contribution >= 4 is 0 Å². The average molecular weight is 333 g/mol. The topological polar surface area (TPSA) is 0 Å². The van der Waals surface area contributed by atoms with Crippen molar-refractivity contribution in [2.24, 2.45) is 17.8 Å². The summed E-state index contributed by atoms with van der Waals surface area (Å²) in [5, 5.41) is 0. The Labute approximate surface area is 153 Å². The SMILES string of the molecule is C1=CCC=C(C2CCC=CC3CC32)C=C1.CC.CC.CC.CCC. The summed E-state index contributed by atoms with van der Waals surface area (Å²) in [4.78, 5) is 0. The number of rotatable bonds is 1. The van der Waals surface area contributed by atoms with Crippen LogP contribution in [0.25, 0.3) is 0 Å². The van der Waals surface area contributed by atoms with E-state index in [-0.39, 0.29) is 0 Å². The van der Waals surface area contributed by atoms with Crippen molar-refractivity contribution in [3.8, 4) is 0 Å². The number of allylic oxidation sites excluding steroid dienone is 8. The molecule has 0 heterocycles. The first kappa shape index (κ1) is 25.2. The molecule has 24 heavy (non-hydrogen) atoms. The van der Waals surface area contributed by atoms with Crippen LogP contribution in [0.15, 0.2) is 48.1 Å². The Bertz CT molecular complexity index is 367.